The summed E-state index contributed by atoms with van der Waals surface area (Å²) in [5, 5.41) is 5.10. The number of rotatable bonds is 4. The summed E-state index contributed by atoms with van der Waals surface area (Å²) in [6.45, 7) is 0. The molecule has 328 valence electrons. The average molecular weight is 893 g/mol. The van der Waals surface area contributed by atoms with Gasteiger partial charge in [-0.15, -0.1) is 0 Å². The van der Waals surface area contributed by atoms with Crippen molar-refractivity contribution >= 4 is 56.9 Å². The lowest BCUT2D eigenvalue weighted by molar-refractivity contribution is 0.404. The molecule has 2 N–H and O–H groups in total. The highest BCUT2D eigenvalue weighted by atomic mass is 14.9. The third-order valence-corrected chi connectivity index (χ3v) is 15.6. The van der Waals surface area contributed by atoms with Crippen LogP contribution in [0.3, 0.4) is 0 Å². The molecule has 0 radical (unpaired) electrons. The smallest absolute Gasteiger partial charge is 0.0737 e. The van der Waals surface area contributed by atoms with E-state index in [4.69, 9.17) is 9.97 Å². The number of H-pyrrole nitrogens is 2. The molecule has 70 heavy (non-hydrogen) atoms. The van der Waals surface area contributed by atoms with Gasteiger partial charge in [-0.1, -0.05) is 194 Å². The number of nitrogens with zero attached hydrogens (tertiary/aromatic N) is 2. The van der Waals surface area contributed by atoms with Crippen molar-refractivity contribution in [2.75, 3.05) is 0 Å². The molecule has 0 amide bonds. The Morgan fingerprint density at radius 3 is 0.900 bits per heavy atom. The van der Waals surface area contributed by atoms with Crippen LogP contribution in [0, 0.1) is 0 Å². The van der Waals surface area contributed by atoms with E-state index >= 15 is 0 Å². The summed E-state index contributed by atoms with van der Waals surface area (Å²) in [6.07, 6.45) is 8.95. The number of hydrogen-bond donors (Lipinski definition) is 2. The molecule has 5 heterocycles. The number of aromatic amines is 2. The first-order chi connectivity index (χ1) is 34.7. The quantitative estimate of drug-likeness (QED) is 0.185. The van der Waals surface area contributed by atoms with Gasteiger partial charge in [-0.25, -0.2) is 9.97 Å². The minimum atomic E-state index is 0.0380. The lowest BCUT2D eigenvalue weighted by Crippen LogP contribution is -2.35. The minimum Gasteiger partial charge on any atom is -0.361 e. The molecule has 10 aromatic rings. The van der Waals surface area contributed by atoms with Crippen LogP contribution in [-0.4, -0.2) is 19.9 Å². The lowest BCUT2D eigenvalue weighted by Gasteiger charge is -2.49. The van der Waals surface area contributed by atoms with E-state index in [1.165, 1.54) is 55.2 Å². The summed E-state index contributed by atoms with van der Waals surface area (Å²) >= 11 is 0. The van der Waals surface area contributed by atoms with Crippen LogP contribution in [-0.2, 0) is 0 Å². The van der Waals surface area contributed by atoms with Crippen LogP contribution in [0.25, 0.3) is 101 Å². The van der Waals surface area contributed by atoms with Gasteiger partial charge in [0.05, 0.1) is 22.8 Å². The van der Waals surface area contributed by atoms with Gasteiger partial charge < -0.3 is 9.97 Å². The molecule has 3 aliphatic carbocycles. The van der Waals surface area contributed by atoms with E-state index in [9.17, 15) is 0 Å². The molecule has 3 aliphatic heterocycles. The largest absolute Gasteiger partial charge is 0.361 e. The number of fused-ring (bicyclic) bond motifs is 10. The predicted octanol–water partition coefficient (Wildman–Crippen LogP) is 16.5. The van der Waals surface area contributed by atoms with Gasteiger partial charge in [0.1, 0.15) is 0 Å². The maximum Gasteiger partial charge on any atom is 0.0737 e. The fourth-order valence-electron chi connectivity index (χ4n) is 12.8. The maximum absolute atomic E-state index is 5.75. The van der Waals surface area contributed by atoms with Crippen LogP contribution in [0.4, 0.5) is 0 Å². The van der Waals surface area contributed by atoms with E-state index in [2.05, 4.69) is 241 Å². The first kappa shape index (κ1) is 39.2. The zero-order valence-corrected chi connectivity index (χ0v) is 38.1. The van der Waals surface area contributed by atoms with Crippen molar-refractivity contribution in [3.05, 3.63) is 263 Å². The SMILES string of the molecule is C1=Cc2nc1c(-c1ccccc1)c1[nH]c(c(-c3ccccc3)c3nc(c(-c4ccccc4)c4ccc([nH]4)c2-c2ccccc2)C=C3)C2C3c4cc5ccccc5cc4C(c4cc5ccccc5cc43)C12. The second kappa shape index (κ2) is 15.3. The predicted molar refractivity (Wildman–Crippen MR) is 289 cm³/mol. The van der Waals surface area contributed by atoms with Crippen molar-refractivity contribution in [1.29, 1.82) is 0 Å². The molecule has 2 unspecified atom stereocenters. The van der Waals surface area contributed by atoms with E-state index in [0.717, 1.165) is 78.3 Å². The summed E-state index contributed by atoms with van der Waals surface area (Å²) in [4.78, 5) is 19.8. The van der Waals surface area contributed by atoms with Crippen molar-refractivity contribution in [2.24, 2.45) is 0 Å². The summed E-state index contributed by atoms with van der Waals surface area (Å²) in [7, 11) is 0. The Balaban J connectivity index is 1.16. The third kappa shape index (κ3) is 5.90. The first-order valence-corrected chi connectivity index (χ1v) is 24.5. The molecule has 4 nitrogen and oxygen atoms in total. The summed E-state index contributed by atoms with van der Waals surface area (Å²) in [5.41, 5.74) is 22.6. The van der Waals surface area contributed by atoms with E-state index in [1.54, 1.807) is 0 Å². The molecule has 8 aromatic carbocycles. The van der Waals surface area contributed by atoms with Crippen molar-refractivity contribution < 1.29 is 0 Å². The standard InChI is InChI=1S/C66H44N4/c1-5-17-39(18-6-1)57-51-29-30-52(67-51)58(40-19-7-2-8-20-40)54-32-34-56(69-54)60(42-23-11-4-12-24-42)66-64-62-49-37-45-27-15-13-25-43(45)35-47(49)61(48-36-44-26-14-16-28-46(44)38-50(48)62)63(64)65(70-66)59(41-21-9-3-10-22-41)55-33-31-53(57)68-55/h1-38,61-64,67,70H. The number of aromatic nitrogens is 4. The average Bonchev–Trinajstić information content (AvgIpc) is 4.27. The molecule has 4 heteroatoms. The Labute approximate surface area is 405 Å². The highest BCUT2D eigenvalue weighted by Crippen LogP contribution is 2.68. The number of hydrogen-bond acceptors (Lipinski definition) is 2. The van der Waals surface area contributed by atoms with Gasteiger partial charge in [0.25, 0.3) is 0 Å². The molecular formula is C66H44N4. The van der Waals surface area contributed by atoms with Crippen LogP contribution in [0.5, 0.6) is 0 Å². The molecule has 0 fully saturated rings. The van der Waals surface area contributed by atoms with Gasteiger partial charge in [0.2, 0.25) is 0 Å². The van der Waals surface area contributed by atoms with Gasteiger partial charge in [-0.05, 0) is 102 Å². The molecule has 2 atom stereocenters. The summed E-state index contributed by atoms with van der Waals surface area (Å²) < 4.78 is 0. The van der Waals surface area contributed by atoms with Crippen LogP contribution >= 0.6 is 0 Å². The Kier molecular flexibility index (Phi) is 8.58. The molecule has 0 saturated heterocycles. The van der Waals surface area contributed by atoms with Gasteiger partial charge in [-0.3, -0.25) is 0 Å². The molecular weight excluding hydrogens is 849 g/mol. The van der Waals surface area contributed by atoms with Gasteiger partial charge in [-0.2, -0.15) is 0 Å². The highest BCUT2D eigenvalue weighted by molar-refractivity contribution is 5.98. The zero-order valence-electron chi connectivity index (χ0n) is 38.1. The number of nitrogens with one attached hydrogen (secondary N) is 2. The van der Waals surface area contributed by atoms with Crippen LogP contribution in [0.1, 0.15) is 80.1 Å². The summed E-state index contributed by atoms with van der Waals surface area (Å²) in [6, 6.07) is 75.7. The minimum absolute atomic E-state index is 0.0380. The second-order valence-corrected chi connectivity index (χ2v) is 19.3. The van der Waals surface area contributed by atoms with Crippen LogP contribution in [0.2, 0.25) is 0 Å². The lowest BCUT2D eigenvalue weighted by atomic mass is 9.52. The zero-order chi connectivity index (χ0) is 45.9. The number of benzene rings is 8. The highest BCUT2D eigenvalue weighted by Gasteiger charge is 2.55. The van der Waals surface area contributed by atoms with Crippen molar-refractivity contribution in [3.8, 4) is 44.5 Å². The van der Waals surface area contributed by atoms with Crippen molar-refractivity contribution in [1.82, 2.24) is 19.9 Å². The monoisotopic (exact) mass is 892 g/mol. The van der Waals surface area contributed by atoms with Crippen molar-refractivity contribution in [3.63, 3.8) is 0 Å². The fraction of sp³-hybridized carbons (Fsp3) is 0.0606. The van der Waals surface area contributed by atoms with E-state index < -0.39 is 0 Å². The molecule has 10 bridgehead atoms. The molecule has 2 aromatic heterocycles. The second-order valence-electron chi connectivity index (χ2n) is 19.3. The van der Waals surface area contributed by atoms with E-state index in [-0.39, 0.29) is 23.7 Å². The maximum atomic E-state index is 5.75. The van der Waals surface area contributed by atoms with E-state index in [0.29, 0.717) is 0 Å². The van der Waals surface area contributed by atoms with Crippen LogP contribution < -0.4 is 0 Å². The van der Waals surface area contributed by atoms with Crippen molar-refractivity contribution in [2.45, 2.75) is 23.7 Å². The Morgan fingerprint density at radius 2 is 0.571 bits per heavy atom. The van der Waals surface area contributed by atoms with Gasteiger partial charge in [0.15, 0.2) is 0 Å². The topological polar surface area (TPSA) is 57.4 Å². The molecule has 0 saturated carbocycles. The first-order valence-electron chi connectivity index (χ1n) is 24.5. The fourth-order valence-corrected chi connectivity index (χ4v) is 12.8. The summed E-state index contributed by atoms with van der Waals surface area (Å²) in [5.74, 6) is 0.171. The third-order valence-electron chi connectivity index (χ3n) is 15.6. The Morgan fingerprint density at radius 1 is 0.286 bits per heavy atom. The molecule has 16 rings (SSSR count). The Hall–Kier alpha value is -8.86. The normalized spacial score (nSPS) is 17.6. The Bertz CT molecular complexity index is 3720. The van der Waals surface area contributed by atoms with E-state index in [1.807, 2.05) is 0 Å². The molecule has 0 spiro atoms. The van der Waals surface area contributed by atoms with Gasteiger partial charge >= 0.3 is 0 Å². The van der Waals surface area contributed by atoms with Gasteiger partial charge in [0, 0.05) is 68.3 Å². The molecule has 6 aliphatic rings. The van der Waals surface area contributed by atoms with Crippen LogP contribution in [0.15, 0.2) is 206 Å².